The van der Waals surface area contributed by atoms with Gasteiger partial charge in [-0.2, -0.15) is 0 Å². The minimum absolute atomic E-state index is 0.540. The molecule has 0 atom stereocenters. The van der Waals surface area contributed by atoms with E-state index in [9.17, 15) is 0 Å². The van der Waals surface area contributed by atoms with E-state index in [1.807, 2.05) is 54.6 Å². The topological polar surface area (TPSA) is 63.8 Å². The van der Waals surface area contributed by atoms with Gasteiger partial charge < -0.3 is 9.84 Å². The van der Waals surface area contributed by atoms with Crippen LogP contribution in [-0.2, 0) is 6.54 Å². The van der Waals surface area contributed by atoms with E-state index in [2.05, 4.69) is 20.4 Å². The summed E-state index contributed by atoms with van der Waals surface area (Å²) in [5, 5.41) is 8.11. The quantitative estimate of drug-likeness (QED) is 0.592. The summed E-state index contributed by atoms with van der Waals surface area (Å²) in [5.74, 6) is 0.606. The molecular weight excluding hydrogens is 324 g/mol. The second-order valence-electron chi connectivity index (χ2n) is 5.28. The lowest BCUT2D eigenvalue weighted by Gasteiger charge is -2.05. The highest BCUT2D eigenvalue weighted by Crippen LogP contribution is 2.29. The number of hydrogen-bond acceptors (Lipinski definition) is 5. The van der Waals surface area contributed by atoms with Crippen molar-refractivity contribution in [1.29, 1.82) is 0 Å². The van der Waals surface area contributed by atoms with Gasteiger partial charge in [0.05, 0.1) is 0 Å². The molecule has 0 spiro atoms. The van der Waals surface area contributed by atoms with E-state index < -0.39 is 0 Å². The molecule has 4 rings (SSSR count). The van der Waals surface area contributed by atoms with E-state index in [0.29, 0.717) is 34.2 Å². The molecule has 0 aliphatic heterocycles. The third kappa shape index (κ3) is 2.81. The monoisotopic (exact) mass is 336 g/mol. The number of rotatable bonds is 4. The van der Waals surface area contributed by atoms with Gasteiger partial charge in [0.25, 0.3) is 0 Å². The number of aromatic nitrogens is 3. The molecule has 2 heterocycles. The van der Waals surface area contributed by atoms with E-state index in [1.54, 1.807) is 0 Å². The average molecular weight is 337 g/mol. The van der Waals surface area contributed by atoms with Crippen molar-refractivity contribution in [3.05, 3.63) is 71.5 Å². The fraction of sp³-hybridized carbons (Fsp3) is 0.0556. The highest BCUT2D eigenvalue weighted by atomic mass is 35.5. The molecular formula is C18H13ClN4O. The van der Waals surface area contributed by atoms with E-state index in [0.717, 1.165) is 11.1 Å². The third-order valence-electron chi connectivity index (χ3n) is 3.65. The van der Waals surface area contributed by atoms with Crippen molar-refractivity contribution >= 4 is 28.5 Å². The van der Waals surface area contributed by atoms with Gasteiger partial charge in [-0.15, -0.1) is 0 Å². The number of fused-ring (bicyclic) bond motifs is 1. The molecule has 2 aromatic heterocycles. The van der Waals surface area contributed by atoms with Gasteiger partial charge in [0.15, 0.2) is 5.82 Å². The lowest BCUT2D eigenvalue weighted by atomic mass is 10.1. The van der Waals surface area contributed by atoms with Crippen molar-refractivity contribution in [1.82, 2.24) is 15.1 Å². The number of nitrogens with zero attached hydrogens (tertiary/aromatic N) is 3. The Morgan fingerprint density at radius 1 is 1.00 bits per heavy atom. The predicted molar refractivity (Wildman–Crippen MR) is 93.8 cm³/mol. The Balaban J connectivity index is 1.66. The van der Waals surface area contributed by atoms with Gasteiger partial charge in [-0.05, 0) is 17.7 Å². The first-order valence-electron chi connectivity index (χ1n) is 7.45. The molecule has 0 aliphatic carbocycles. The number of hydrogen-bond donors (Lipinski definition) is 1. The van der Waals surface area contributed by atoms with E-state index >= 15 is 0 Å². The van der Waals surface area contributed by atoms with Crippen LogP contribution >= 0.6 is 11.6 Å². The molecule has 0 saturated carbocycles. The minimum Gasteiger partial charge on any atom is -0.363 e. The zero-order chi connectivity index (χ0) is 16.4. The van der Waals surface area contributed by atoms with Crippen LogP contribution in [0.15, 0.2) is 65.4 Å². The van der Waals surface area contributed by atoms with Gasteiger partial charge in [-0.25, -0.2) is 9.97 Å². The molecule has 0 radical (unpaired) electrons. The summed E-state index contributed by atoms with van der Waals surface area (Å²) >= 11 is 6.01. The molecule has 0 unspecified atom stereocenters. The van der Waals surface area contributed by atoms with Gasteiger partial charge in [-0.3, -0.25) is 0 Å². The molecule has 0 bridgehead atoms. The largest absolute Gasteiger partial charge is 0.363 e. The second kappa shape index (κ2) is 6.29. The molecule has 24 heavy (non-hydrogen) atoms. The highest BCUT2D eigenvalue weighted by Gasteiger charge is 2.15. The molecule has 0 fully saturated rings. The summed E-state index contributed by atoms with van der Waals surface area (Å²) in [7, 11) is 0. The molecule has 0 saturated heterocycles. The molecule has 1 N–H and O–H groups in total. The Hall–Kier alpha value is -2.92. The van der Waals surface area contributed by atoms with Crippen LogP contribution in [-0.4, -0.2) is 15.1 Å². The maximum atomic E-state index is 6.01. The highest BCUT2D eigenvalue weighted by molar-refractivity contribution is 6.30. The summed E-state index contributed by atoms with van der Waals surface area (Å²) < 4.78 is 5.48. The van der Waals surface area contributed by atoms with Gasteiger partial charge in [0, 0.05) is 17.1 Å². The van der Waals surface area contributed by atoms with Crippen LogP contribution in [0.5, 0.6) is 0 Å². The smallest absolute Gasteiger partial charge is 0.228 e. The van der Waals surface area contributed by atoms with Gasteiger partial charge in [-0.1, -0.05) is 59.2 Å². The van der Waals surface area contributed by atoms with Gasteiger partial charge >= 0.3 is 0 Å². The maximum absolute atomic E-state index is 6.01. The number of nitrogens with one attached hydrogen (secondary N) is 1. The zero-order valence-corrected chi connectivity index (χ0v) is 13.4. The summed E-state index contributed by atoms with van der Waals surface area (Å²) in [6, 6.07) is 17.5. The third-order valence-corrected chi connectivity index (χ3v) is 3.89. The lowest BCUT2D eigenvalue weighted by molar-refractivity contribution is 0.459. The van der Waals surface area contributed by atoms with Crippen LogP contribution in [0.3, 0.4) is 0 Å². The standard InChI is InChI=1S/C18H13ClN4O/c19-14-8-4-5-12(9-14)10-20-18-17-16(21-11-22-18)15(23-24-17)13-6-2-1-3-7-13/h1-9,11H,10H2,(H,20,21,22). The predicted octanol–water partition coefficient (Wildman–Crippen LogP) is 4.55. The fourth-order valence-electron chi connectivity index (χ4n) is 2.51. The first kappa shape index (κ1) is 14.7. The second-order valence-corrected chi connectivity index (χ2v) is 5.72. The van der Waals surface area contributed by atoms with Crippen LogP contribution < -0.4 is 5.32 Å². The van der Waals surface area contributed by atoms with Crippen LogP contribution in [0.1, 0.15) is 5.56 Å². The zero-order valence-electron chi connectivity index (χ0n) is 12.6. The van der Waals surface area contributed by atoms with E-state index in [-0.39, 0.29) is 0 Å². The Morgan fingerprint density at radius 2 is 1.88 bits per heavy atom. The maximum Gasteiger partial charge on any atom is 0.228 e. The number of halogens is 1. The summed E-state index contributed by atoms with van der Waals surface area (Å²) in [6.07, 6.45) is 1.51. The number of anilines is 1. The molecule has 5 nitrogen and oxygen atoms in total. The molecule has 0 aliphatic rings. The van der Waals surface area contributed by atoms with Gasteiger partial charge in [0.2, 0.25) is 5.58 Å². The fourth-order valence-corrected chi connectivity index (χ4v) is 2.72. The van der Waals surface area contributed by atoms with Gasteiger partial charge in [0.1, 0.15) is 17.5 Å². The first-order valence-corrected chi connectivity index (χ1v) is 7.83. The van der Waals surface area contributed by atoms with Crippen molar-refractivity contribution in [3.8, 4) is 11.3 Å². The first-order chi connectivity index (χ1) is 11.8. The summed E-state index contributed by atoms with van der Waals surface area (Å²) in [6.45, 7) is 0.577. The summed E-state index contributed by atoms with van der Waals surface area (Å²) in [5.41, 5.74) is 3.94. The SMILES string of the molecule is Clc1cccc(CNc2ncnc3c(-c4ccccc4)noc23)c1. The molecule has 4 aromatic rings. The molecule has 0 amide bonds. The van der Waals surface area contributed by atoms with Crippen molar-refractivity contribution < 1.29 is 4.52 Å². The Kier molecular flexibility index (Phi) is 3.84. The number of benzene rings is 2. The van der Waals surface area contributed by atoms with E-state index in [4.69, 9.17) is 16.1 Å². The minimum atomic E-state index is 0.540. The van der Waals surface area contributed by atoms with Crippen LogP contribution in [0.25, 0.3) is 22.4 Å². The van der Waals surface area contributed by atoms with Crippen LogP contribution in [0, 0.1) is 0 Å². The molecule has 2 aromatic carbocycles. The van der Waals surface area contributed by atoms with Crippen LogP contribution in [0.4, 0.5) is 5.82 Å². The molecule has 6 heteroatoms. The normalized spacial score (nSPS) is 10.9. The van der Waals surface area contributed by atoms with Crippen LogP contribution in [0.2, 0.25) is 5.02 Å². The molecule has 118 valence electrons. The van der Waals surface area contributed by atoms with Crippen molar-refractivity contribution in [3.63, 3.8) is 0 Å². The lowest BCUT2D eigenvalue weighted by Crippen LogP contribution is -2.02. The van der Waals surface area contributed by atoms with Crippen molar-refractivity contribution in [2.24, 2.45) is 0 Å². The van der Waals surface area contributed by atoms with Crippen molar-refractivity contribution in [2.75, 3.05) is 5.32 Å². The van der Waals surface area contributed by atoms with Crippen molar-refractivity contribution in [2.45, 2.75) is 6.54 Å². The average Bonchev–Trinajstić information content (AvgIpc) is 3.05. The van der Waals surface area contributed by atoms with E-state index in [1.165, 1.54) is 6.33 Å². The Morgan fingerprint density at radius 3 is 2.71 bits per heavy atom. The Labute approximate surface area is 143 Å². The summed E-state index contributed by atoms with van der Waals surface area (Å²) in [4.78, 5) is 8.58. The Bertz CT molecular complexity index is 985.